The van der Waals surface area contributed by atoms with E-state index in [9.17, 15) is 9.59 Å². The van der Waals surface area contributed by atoms with Crippen molar-refractivity contribution in [3.8, 4) is 78.3 Å². The first-order valence-corrected chi connectivity index (χ1v) is 25.8. The highest BCUT2D eigenvalue weighted by Gasteiger charge is 2.32. The second-order valence-corrected chi connectivity index (χ2v) is 19.5. The summed E-state index contributed by atoms with van der Waals surface area (Å²) in [6.45, 7) is -0.0464. The van der Waals surface area contributed by atoms with E-state index in [0.717, 1.165) is 51.4 Å². The summed E-state index contributed by atoms with van der Waals surface area (Å²) in [7, 11) is 0. The molecule has 7 heterocycles. The van der Waals surface area contributed by atoms with Crippen LogP contribution in [0.4, 0.5) is 5.82 Å². The number of aromatic amines is 3. The average molecular weight is 1030 g/mol. The molecule has 0 atom stereocenters. The van der Waals surface area contributed by atoms with E-state index in [-0.39, 0.29) is 41.0 Å². The van der Waals surface area contributed by atoms with Crippen LogP contribution in [0.3, 0.4) is 0 Å². The quantitative estimate of drug-likeness (QED) is 0.0786. The van der Waals surface area contributed by atoms with Gasteiger partial charge in [0.1, 0.15) is 34.2 Å². The van der Waals surface area contributed by atoms with Crippen LogP contribution in [0.2, 0.25) is 0 Å². The molecule has 380 valence electrons. The summed E-state index contributed by atoms with van der Waals surface area (Å²) in [5, 5.41) is 25.3. The molecule has 1 fully saturated rings. The standard InChI is InChI=1S/C63H44N12O4/c76-60(40-25-26-40)69-57-52(63(79)75-59(68-57)50(37-17-7-2-8-18-37)55(73-75)39-21-11-4-12-22-39)44-32-43-24-14-30-65-53(43)46(33-44)48-34-45(70-71-48)35-66-61(77)56-51(42-27-28-47-41(31-42)23-13-29-64-47)62(78)74-58(67-56)49(36-15-5-1-6-16-36)54(72-74)38-19-9-3-10-20-38/h1-24,27-34,40,67-68H,25-26,35H2,(H,66,77)(H,69,76)(H,70,71). The molecule has 0 bridgehead atoms. The van der Waals surface area contributed by atoms with Gasteiger partial charge >= 0.3 is 0 Å². The molecule has 0 radical (unpaired) electrons. The van der Waals surface area contributed by atoms with E-state index in [1.165, 1.54) is 9.03 Å². The number of hydrogen-bond donors (Lipinski definition) is 5. The van der Waals surface area contributed by atoms with Crippen LogP contribution in [0, 0.1) is 5.92 Å². The highest BCUT2D eigenvalue weighted by molar-refractivity contribution is 6.04. The maximum absolute atomic E-state index is 15.2. The number of H-pyrrole nitrogens is 3. The largest absolute Gasteiger partial charge is 0.345 e. The minimum Gasteiger partial charge on any atom is -0.345 e. The molecule has 79 heavy (non-hydrogen) atoms. The molecule has 1 aliphatic rings. The Bertz CT molecular complexity index is 4680. The third-order valence-electron chi connectivity index (χ3n) is 14.4. The topological polar surface area (TPSA) is 213 Å². The molecule has 7 aromatic heterocycles. The first kappa shape index (κ1) is 46.6. The number of carbonyl (C=O) groups is 2. The van der Waals surface area contributed by atoms with E-state index in [1.54, 1.807) is 18.5 Å². The molecule has 1 saturated carbocycles. The Kier molecular flexibility index (Phi) is 11.2. The average Bonchev–Trinajstić information content (AvgIpc) is 3.94. The predicted molar refractivity (Wildman–Crippen MR) is 305 cm³/mol. The Balaban J connectivity index is 0.866. The van der Waals surface area contributed by atoms with E-state index in [4.69, 9.17) is 15.2 Å². The van der Waals surface area contributed by atoms with Crippen LogP contribution >= 0.6 is 0 Å². The van der Waals surface area contributed by atoms with Gasteiger partial charge in [-0.25, -0.2) is 0 Å². The number of nitrogens with zero attached hydrogens (tertiary/aromatic N) is 7. The predicted octanol–water partition coefficient (Wildman–Crippen LogP) is 11.1. The lowest BCUT2D eigenvalue weighted by molar-refractivity contribution is -0.117. The maximum atomic E-state index is 15.2. The molecule has 0 unspecified atom stereocenters. The summed E-state index contributed by atoms with van der Waals surface area (Å²) in [6.07, 6.45) is 4.91. The number of anilines is 1. The van der Waals surface area contributed by atoms with Gasteiger partial charge < -0.3 is 20.6 Å². The van der Waals surface area contributed by atoms with Crippen molar-refractivity contribution < 1.29 is 9.59 Å². The summed E-state index contributed by atoms with van der Waals surface area (Å²) in [5.74, 6) is -0.659. The maximum Gasteiger partial charge on any atom is 0.284 e. The SMILES string of the molecule is O=C(NCc1cc(-c2cc(-c3c(NC(=O)C4CC4)[nH]c4c(-c5ccccc5)c(-c5ccccc5)nn4c3=O)cc3cccnc23)[nH]n1)c1[nH]c2c(-c3ccccc3)c(-c3ccccc3)nn2c(=O)c1-c1ccc2ncccc2c1. The smallest absolute Gasteiger partial charge is 0.284 e. The van der Waals surface area contributed by atoms with Crippen LogP contribution < -0.4 is 21.8 Å². The second kappa shape index (κ2) is 19.1. The van der Waals surface area contributed by atoms with E-state index in [2.05, 4.69) is 35.8 Å². The molecule has 5 N–H and O–H groups in total. The molecule has 6 aromatic carbocycles. The molecule has 0 aliphatic heterocycles. The second-order valence-electron chi connectivity index (χ2n) is 19.5. The Morgan fingerprint density at radius 1 is 0.544 bits per heavy atom. The van der Waals surface area contributed by atoms with E-state index >= 15 is 9.59 Å². The van der Waals surface area contributed by atoms with Crippen LogP contribution in [0.25, 0.3) is 111 Å². The van der Waals surface area contributed by atoms with Crippen LogP contribution in [0.1, 0.15) is 29.0 Å². The number of nitrogens with one attached hydrogen (secondary N) is 5. The molecule has 0 spiro atoms. The fourth-order valence-electron chi connectivity index (χ4n) is 10.5. The van der Waals surface area contributed by atoms with Crippen molar-refractivity contribution in [2.45, 2.75) is 19.4 Å². The summed E-state index contributed by atoms with van der Waals surface area (Å²) < 4.78 is 2.72. The highest BCUT2D eigenvalue weighted by atomic mass is 16.2. The van der Waals surface area contributed by atoms with Crippen molar-refractivity contribution in [2.75, 3.05) is 5.32 Å². The normalized spacial score (nSPS) is 12.4. The van der Waals surface area contributed by atoms with E-state index < -0.39 is 17.0 Å². The van der Waals surface area contributed by atoms with Gasteiger partial charge in [0.05, 0.1) is 51.2 Å². The summed E-state index contributed by atoms with van der Waals surface area (Å²) in [4.78, 5) is 75.0. The lowest BCUT2D eigenvalue weighted by Gasteiger charge is -2.14. The van der Waals surface area contributed by atoms with Gasteiger partial charge in [-0.05, 0) is 77.6 Å². The third-order valence-corrected chi connectivity index (χ3v) is 14.4. The van der Waals surface area contributed by atoms with Crippen molar-refractivity contribution in [1.82, 2.24) is 54.7 Å². The number of benzene rings is 6. The van der Waals surface area contributed by atoms with Crippen LogP contribution in [-0.2, 0) is 11.3 Å². The number of amides is 2. The molecular weight excluding hydrogens is 989 g/mol. The molecule has 2 amide bonds. The summed E-state index contributed by atoms with van der Waals surface area (Å²) in [6, 6.07) is 57.1. The number of pyridine rings is 2. The third kappa shape index (κ3) is 8.31. The van der Waals surface area contributed by atoms with Crippen LogP contribution in [-0.4, -0.2) is 61.2 Å². The van der Waals surface area contributed by atoms with Gasteiger partial charge in [-0.15, -0.1) is 0 Å². The van der Waals surface area contributed by atoms with Crippen LogP contribution in [0.5, 0.6) is 0 Å². The van der Waals surface area contributed by atoms with Crippen molar-refractivity contribution in [3.05, 3.63) is 226 Å². The first-order chi connectivity index (χ1) is 38.8. The lowest BCUT2D eigenvalue weighted by atomic mass is 9.98. The van der Waals surface area contributed by atoms with Gasteiger partial charge in [0, 0.05) is 45.8 Å². The number of hydrogen-bond acceptors (Lipinski definition) is 9. The fourth-order valence-corrected chi connectivity index (χ4v) is 10.5. The van der Waals surface area contributed by atoms with Gasteiger partial charge in [0.25, 0.3) is 17.0 Å². The van der Waals surface area contributed by atoms with Crippen LogP contribution in [0.15, 0.2) is 204 Å². The minimum absolute atomic E-state index is 0.0341. The fraction of sp³-hybridized carbons (Fsp3) is 0.0635. The molecule has 0 saturated heterocycles. The molecule has 13 aromatic rings. The minimum atomic E-state index is -0.555. The molecular formula is C63H44N12O4. The zero-order valence-electron chi connectivity index (χ0n) is 41.9. The van der Waals surface area contributed by atoms with Gasteiger partial charge in [0.2, 0.25) is 5.91 Å². The Labute approximate surface area is 448 Å². The number of rotatable bonds is 12. The Hall–Kier alpha value is -10.9. The van der Waals surface area contributed by atoms with Crippen molar-refractivity contribution in [3.63, 3.8) is 0 Å². The van der Waals surface area contributed by atoms with E-state index in [1.807, 2.05) is 176 Å². The van der Waals surface area contributed by atoms with E-state index in [0.29, 0.717) is 67.4 Å². The molecule has 16 nitrogen and oxygen atoms in total. The molecule has 1 aliphatic carbocycles. The number of fused-ring (bicyclic) bond motifs is 4. The van der Waals surface area contributed by atoms with Gasteiger partial charge in [0.15, 0.2) is 0 Å². The molecule has 16 heteroatoms. The summed E-state index contributed by atoms with van der Waals surface area (Å²) in [5.41, 5.74) is 9.98. The van der Waals surface area contributed by atoms with Gasteiger partial charge in [-0.2, -0.15) is 24.3 Å². The van der Waals surface area contributed by atoms with Crippen molar-refractivity contribution in [1.29, 1.82) is 0 Å². The Morgan fingerprint density at radius 2 is 1.11 bits per heavy atom. The lowest BCUT2D eigenvalue weighted by Crippen LogP contribution is -2.29. The zero-order chi connectivity index (χ0) is 53.1. The van der Waals surface area contributed by atoms with Crippen molar-refractivity contribution >= 4 is 50.7 Å². The number of carbonyl (C=O) groups excluding carboxylic acids is 2. The Morgan fingerprint density at radius 3 is 1.75 bits per heavy atom. The monoisotopic (exact) mass is 1030 g/mol. The first-order valence-electron chi connectivity index (χ1n) is 25.8. The molecule has 14 rings (SSSR count). The zero-order valence-corrected chi connectivity index (χ0v) is 41.9. The highest BCUT2D eigenvalue weighted by Crippen LogP contribution is 2.40. The number of aromatic nitrogens is 10. The van der Waals surface area contributed by atoms with Gasteiger partial charge in [-0.1, -0.05) is 140 Å². The van der Waals surface area contributed by atoms with Gasteiger partial charge in [-0.3, -0.25) is 34.2 Å². The summed E-state index contributed by atoms with van der Waals surface area (Å²) >= 11 is 0. The van der Waals surface area contributed by atoms with Crippen molar-refractivity contribution in [2.24, 2.45) is 5.92 Å².